The number of carbonyl (C=O) groups is 3. The van der Waals surface area contributed by atoms with Crippen molar-refractivity contribution in [1.82, 2.24) is 0 Å². The van der Waals surface area contributed by atoms with Crippen molar-refractivity contribution in [2.45, 2.75) is 20.3 Å². The second-order valence-electron chi connectivity index (χ2n) is 5.11. The van der Waals surface area contributed by atoms with E-state index in [4.69, 9.17) is 9.47 Å². The fourth-order valence-corrected chi connectivity index (χ4v) is 3.19. The molecule has 1 aromatic carbocycles. The van der Waals surface area contributed by atoms with Crippen molar-refractivity contribution in [2.24, 2.45) is 0 Å². The van der Waals surface area contributed by atoms with Crippen molar-refractivity contribution in [3.8, 4) is 11.1 Å². The zero-order valence-corrected chi connectivity index (χ0v) is 15.2. The van der Waals surface area contributed by atoms with Crippen LogP contribution in [0.5, 0.6) is 0 Å². The Balaban J connectivity index is 2.31. The highest BCUT2D eigenvalue weighted by molar-refractivity contribution is 7.15. The standard InChI is InChI=1S/C18H18FNO5S/c1-3-24-15(22)9-14(21)20-17-16(18(23)25-4-2)13(10-26-17)11-5-7-12(19)8-6-11/h5-8,10H,3-4,9H2,1-2H3,(H,20,21). The van der Waals surface area contributed by atoms with Crippen LogP contribution < -0.4 is 5.32 Å². The predicted octanol–water partition coefficient (Wildman–Crippen LogP) is 3.62. The summed E-state index contributed by atoms with van der Waals surface area (Å²) >= 11 is 1.12. The molecule has 0 aliphatic rings. The summed E-state index contributed by atoms with van der Waals surface area (Å²) in [6, 6.07) is 5.62. The largest absolute Gasteiger partial charge is 0.466 e. The first-order chi connectivity index (χ1) is 12.5. The van der Waals surface area contributed by atoms with E-state index in [9.17, 15) is 18.8 Å². The Morgan fingerprint density at radius 2 is 1.73 bits per heavy atom. The van der Waals surface area contributed by atoms with Gasteiger partial charge in [-0.3, -0.25) is 9.59 Å². The van der Waals surface area contributed by atoms with E-state index in [1.54, 1.807) is 19.2 Å². The van der Waals surface area contributed by atoms with E-state index in [0.717, 1.165) is 11.3 Å². The summed E-state index contributed by atoms with van der Waals surface area (Å²) in [7, 11) is 0. The number of hydrogen-bond acceptors (Lipinski definition) is 6. The summed E-state index contributed by atoms with van der Waals surface area (Å²) in [5, 5.41) is 4.47. The van der Waals surface area contributed by atoms with E-state index in [0.29, 0.717) is 11.1 Å². The van der Waals surface area contributed by atoms with Gasteiger partial charge in [-0.25, -0.2) is 9.18 Å². The Morgan fingerprint density at radius 3 is 2.35 bits per heavy atom. The van der Waals surface area contributed by atoms with Crippen LogP contribution in [0.3, 0.4) is 0 Å². The number of hydrogen-bond donors (Lipinski definition) is 1. The average Bonchev–Trinajstić information content (AvgIpc) is 2.99. The number of benzene rings is 1. The van der Waals surface area contributed by atoms with E-state index in [1.807, 2.05) is 0 Å². The third kappa shape index (κ3) is 4.89. The van der Waals surface area contributed by atoms with Gasteiger partial charge >= 0.3 is 11.9 Å². The highest BCUT2D eigenvalue weighted by Gasteiger charge is 2.23. The second kappa shape index (κ2) is 9.10. The third-order valence-electron chi connectivity index (χ3n) is 3.29. The number of esters is 2. The molecule has 2 rings (SSSR count). The quantitative estimate of drug-likeness (QED) is 0.587. The van der Waals surface area contributed by atoms with Crippen LogP contribution in [-0.2, 0) is 19.1 Å². The van der Waals surface area contributed by atoms with E-state index >= 15 is 0 Å². The number of halogens is 1. The van der Waals surface area contributed by atoms with Gasteiger partial charge in [0.05, 0.1) is 13.2 Å². The van der Waals surface area contributed by atoms with Crippen molar-refractivity contribution < 1.29 is 28.2 Å². The fraction of sp³-hybridized carbons (Fsp3) is 0.278. The summed E-state index contributed by atoms with van der Waals surface area (Å²) in [6.45, 7) is 3.64. The molecule has 0 radical (unpaired) electrons. The minimum Gasteiger partial charge on any atom is -0.466 e. The number of anilines is 1. The molecule has 0 saturated carbocycles. The fourth-order valence-electron chi connectivity index (χ4n) is 2.21. The minimum atomic E-state index is -0.655. The molecule has 0 aliphatic heterocycles. The number of ether oxygens (including phenoxy) is 2. The molecule has 0 fully saturated rings. The van der Waals surface area contributed by atoms with Crippen LogP contribution in [0.1, 0.15) is 30.6 Å². The Labute approximate surface area is 153 Å². The molecule has 26 heavy (non-hydrogen) atoms. The maximum atomic E-state index is 13.2. The summed E-state index contributed by atoms with van der Waals surface area (Å²) in [5.41, 5.74) is 1.29. The number of thiophene rings is 1. The molecular weight excluding hydrogens is 361 g/mol. The van der Waals surface area contributed by atoms with Gasteiger partial charge in [0, 0.05) is 10.9 Å². The lowest BCUT2D eigenvalue weighted by Crippen LogP contribution is -2.19. The molecule has 138 valence electrons. The van der Waals surface area contributed by atoms with Gasteiger partial charge in [-0.2, -0.15) is 0 Å². The Morgan fingerprint density at radius 1 is 1.08 bits per heavy atom. The molecular formula is C18H18FNO5S. The minimum absolute atomic E-state index is 0.160. The van der Waals surface area contributed by atoms with Crippen LogP contribution in [0, 0.1) is 5.82 Å². The number of rotatable bonds is 7. The van der Waals surface area contributed by atoms with Gasteiger partial charge in [-0.15, -0.1) is 11.3 Å². The molecule has 1 aromatic heterocycles. The third-order valence-corrected chi connectivity index (χ3v) is 4.18. The van der Waals surface area contributed by atoms with Crippen LogP contribution in [-0.4, -0.2) is 31.1 Å². The van der Waals surface area contributed by atoms with E-state index < -0.39 is 30.1 Å². The lowest BCUT2D eigenvalue weighted by molar-refractivity contribution is -0.145. The molecule has 0 aliphatic carbocycles. The lowest BCUT2D eigenvalue weighted by Gasteiger charge is -2.09. The van der Waals surface area contributed by atoms with Crippen LogP contribution in [0.25, 0.3) is 11.1 Å². The summed E-state index contributed by atoms with van der Waals surface area (Å²) in [4.78, 5) is 35.8. The normalized spacial score (nSPS) is 10.3. The number of amides is 1. The SMILES string of the molecule is CCOC(=O)CC(=O)Nc1scc(-c2ccc(F)cc2)c1C(=O)OCC. The second-order valence-corrected chi connectivity index (χ2v) is 5.99. The molecule has 0 atom stereocenters. The maximum absolute atomic E-state index is 13.2. The van der Waals surface area contributed by atoms with Gasteiger partial charge < -0.3 is 14.8 Å². The Bertz CT molecular complexity index is 800. The molecule has 0 saturated heterocycles. The summed E-state index contributed by atoms with van der Waals surface area (Å²) in [5.74, 6) is -2.26. The Hall–Kier alpha value is -2.74. The van der Waals surface area contributed by atoms with Crippen molar-refractivity contribution >= 4 is 34.2 Å². The molecule has 2 aromatic rings. The van der Waals surface area contributed by atoms with Crippen LogP contribution >= 0.6 is 11.3 Å². The van der Waals surface area contributed by atoms with Gasteiger partial charge in [-0.1, -0.05) is 12.1 Å². The number of nitrogens with one attached hydrogen (secondary N) is 1. The van der Waals surface area contributed by atoms with Crippen molar-refractivity contribution in [3.05, 3.63) is 41.0 Å². The van der Waals surface area contributed by atoms with Gasteiger partial charge in [0.1, 0.15) is 22.8 Å². The van der Waals surface area contributed by atoms with Crippen LogP contribution in [0.4, 0.5) is 9.39 Å². The van der Waals surface area contributed by atoms with Crippen molar-refractivity contribution in [3.63, 3.8) is 0 Å². The summed E-state index contributed by atoms with van der Waals surface area (Å²) < 4.78 is 22.9. The molecule has 8 heteroatoms. The molecule has 6 nitrogen and oxygen atoms in total. The van der Waals surface area contributed by atoms with Crippen LogP contribution in [0.15, 0.2) is 29.6 Å². The molecule has 1 amide bonds. The first-order valence-electron chi connectivity index (χ1n) is 7.96. The lowest BCUT2D eigenvalue weighted by atomic mass is 10.0. The van der Waals surface area contributed by atoms with E-state index in [2.05, 4.69) is 5.32 Å². The smallest absolute Gasteiger partial charge is 0.341 e. The van der Waals surface area contributed by atoms with E-state index in [-0.39, 0.29) is 23.8 Å². The van der Waals surface area contributed by atoms with Gasteiger partial charge in [0.2, 0.25) is 5.91 Å². The molecule has 0 unspecified atom stereocenters. The molecule has 0 bridgehead atoms. The van der Waals surface area contributed by atoms with Crippen molar-refractivity contribution in [1.29, 1.82) is 0 Å². The Kier molecular flexibility index (Phi) is 6.85. The summed E-state index contributed by atoms with van der Waals surface area (Å²) in [6.07, 6.45) is -0.458. The maximum Gasteiger partial charge on any atom is 0.341 e. The first kappa shape index (κ1) is 19.6. The van der Waals surface area contributed by atoms with E-state index in [1.165, 1.54) is 24.3 Å². The molecule has 1 N–H and O–H groups in total. The zero-order valence-electron chi connectivity index (χ0n) is 14.3. The monoisotopic (exact) mass is 379 g/mol. The van der Waals surface area contributed by atoms with Gasteiger partial charge in [0.15, 0.2) is 0 Å². The highest BCUT2D eigenvalue weighted by atomic mass is 32.1. The highest BCUT2D eigenvalue weighted by Crippen LogP contribution is 2.36. The topological polar surface area (TPSA) is 81.7 Å². The molecule has 0 spiro atoms. The van der Waals surface area contributed by atoms with Gasteiger partial charge in [0.25, 0.3) is 0 Å². The number of carbonyl (C=O) groups excluding carboxylic acids is 3. The van der Waals surface area contributed by atoms with Crippen LogP contribution in [0.2, 0.25) is 0 Å². The first-order valence-corrected chi connectivity index (χ1v) is 8.84. The zero-order chi connectivity index (χ0) is 19.1. The predicted molar refractivity (Wildman–Crippen MR) is 95.5 cm³/mol. The van der Waals surface area contributed by atoms with Crippen molar-refractivity contribution in [2.75, 3.05) is 18.5 Å². The van der Waals surface area contributed by atoms with Gasteiger partial charge in [-0.05, 0) is 31.5 Å². The molecule has 1 heterocycles. The average molecular weight is 379 g/mol.